The van der Waals surface area contributed by atoms with Crippen LogP contribution in [0.15, 0.2) is 48.5 Å². The number of carboxylic acids is 1. The Balaban J connectivity index is 0.000000312. The topological polar surface area (TPSA) is 89.4 Å². The number of fused-ring (bicyclic) bond motifs is 2. The van der Waals surface area contributed by atoms with E-state index < -0.39 is 5.97 Å². The number of aryl methyl sites for hydroxylation is 4. The predicted octanol–water partition coefficient (Wildman–Crippen LogP) is 5.44. The van der Waals surface area contributed by atoms with Crippen LogP contribution in [0, 0.1) is 27.7 Å². The number of ether oxygens (including phenoxy) is 1. The van der Waals surface area contributed by atoms with Crippen LogP contribution >= 0.6 is 0 Å². The van der Waals surface area contributed by atoms with Crippen molar-refractivity contribution in [1.29, 1.82) is 0 Å². The number of aromatic nitrogens is 2. The lowest BCUT2D eigenvalue weighted by Gasteiger charge is -2.05. The van der Waals surface area contributed by atoms with E-state index in [1.165, 1.54) is 7.11 Å². The van der Waals surface area contributed by atoms with E-state index >= 15 is 0 Å². The van der Waals surface area contributed by atoms with Crippen LogP contribution in [0.4, 0.5) is 0 Å². The molecule has 1 N–H and O–H groups in total. The van der Waals surface area contributed by atoms with Crippen LogP contribution in [-0.4, -0.2) is 42.5 Å². The van der Waals surface area contributed by atoms with Crippen molar-refractivity contribution in [3.05, 3.63) is 82.2 Å². The highest BCUT2D eigenvalue weighted by molar-refractivity contribution is 5.95. The van der Waals surface area contributed by atoms with E-state index in [9.17, 15) is 9.59 Å². The van der Waals surface area contributed by atoms with Crippen molar-refractivity contribution in [2.75, 3.05) is 7.11 Å². The van der Waals surface area contributed by atoms with E-state index in [4.69, 9.17) is 5.11 Å². The summed E-state index contributed by atoms with van der Waals surface area (Å²) in [4.78, 5) is 30.9. The quantitative estimate of drug-likeness (QED) is 0.328. The number of aromatic carboxylic acids is 1. The molecule has 0 amide bonds. The second-order valence-corrected chi connectivity index (χ2v) is 7.42. The van der Waals surface area contributed by atoms with Gasteiger partial charge in [0.2, 0.25) is 0 Å². The molecule has 0 fully saturated rings. The normalized spacial score (nSPS) is 9.85. The molecule has 0 aliphatic carbocycles. The molecule has 2 heterocycles. The molecule has 0 saturated heterocycles. The highest BCUT2D eigenvalue weighted by Gasteiger charge is 2.08. The van der Waals surface area contributed by atoms with E-state index in [0.717, 1.165) is 44.3 Å². The molecule has 4 aromatic rings. The molecule has 4 rings (SSSR count). The van der Waals surface area contributed by atoms with Gasteiger partial charge in [-0.3, -0.25) is 9.97 Å². The minimum atomic E-state index is -0.906. The van der Waals surface area contributed by atoms with Crippen molar-refractivity contribution >= 4 is 42.2 Å². The lowest BCUT2D eigenvalue weighted by molar-refractivity contribution is 0.0600. The van der Waals surface area contributed by atoms with E-state index in [-0.39, 0.29) is 21.8 Å². The second kappa shape index (κ2) is 11.2. The third-order valence-corrected chi connectivity index (χ3v) is 4.96. The fourth-order valence-electron chi connectivity index (χ4n) is 3.50. The summed E-state index contributed by atoms with van der Waals surface area (Å²) in [6.45, 7) is 7.86. The molecular formula is C26H28BN2O4. The van der Waals surface area contributed by atoms with Crippen LogP contribution < -0.4 is 0 Å². The summed E-state index contributed by atoms with van der Waals surface area (Å²) < 4.78 is 4.69. The molecule has 2 aromatic carbocycles. The molecule has 0 unspecified atom stereocenters. The number of methoxy groups -OCH3 is 1. The monoisotopic (exact) mass is 443 g/mol. The Kier molecular flexibility index (Phi) is 9.29. The Morgan fingerprint density at radius 2 is 1.18 bits per heavy atom. The Morgan fingerprint density at radius 3 is 1.61 bits per heavy atom. The number of hydrogen-bond acceptors (Lipinski definition) is 5. The lowest BCUT2D eigenvalue weighted by Crippen LogP contribution is -2.01. The Labute approximate surface area is 196 Å². The van der Waals surface area contributed by atoms with Gasteiger partial charge in [0.25, 0.3) is 0 Å². The average Bonchev–Trinajstić information content (AvgIpc) is 2.73. The van der Waals surface area contributed by atoms with E-state index in [0.29, 0.717) is 11.1 Å². The van der Waals surface area contributed by atoms with Crippen LogP contribution in [0.1, 0.15) is 50.7 Å². The SMILES string of the molecule is C.COC(=O)c1ccc2nc(C)cc(C)c2c1.Cc1cc(C)c2cc(C(=O)O)ccc2n1.[B]. The van der Waals surface area contributed by atoms with Crippen molar-refractivity contribution in [2.24, 2.45) is 0 Å². The summed E-state index contributed by atoms with van der Waals surface area (Å²) in [7, 11) is 1.38. The summed E-state index contributed by atoms with van der Waals surface area (Å²) in [5.41, 5.74) is 6.72. The first kappa shape index (κ1) is 27.3. The molecule has 0 atom stereocenters. The summed E-state index contributed by atoms with van der Waals surface area (Å²) in [5.74, 6) is -1.22. The van der Waals surface area contributed by atoms with E-state index in [2.05, 4.69) is 14.7 Å². The maximum atomic E-state index is 11.4. The molecule has 0 spiro atoms. The number of esters is 1. The second-order valence-electron chi connectivity index (χ2n) is 7.42. The highest BCUT2D eigenvalue weighted by Crippen LogP contribution is 2.20. The Morgan fingerprint density at radius 1 is 0.758 bits per heavy atom. The summed E-state index contributed by atoms with van der Waals surface area (Å²) in [6, 6.07) is 14.4. The smallest absolute Gasteiger partial charge is 0.337 e. The molecule has 169 valence electrons. The van der Waals surface area contributed by atoms with Crippen molar-refractivity contribution in [3.8, 4) is 0 Å². The molecule has 0 bridgehead atoms. The maximum Gasteiger partial charge on any atom is 0.337 e. The van der Waals surface area contributed by atoms with Gasteiger partial charge in [-0.2, -0.15) is 0 Å². The largest absolute Gasteiger partial charge is 0.478 e. The van der Waals surface area contributed by atoms with Gasteiger partial charge in [-0.1, -0.05) is 7.43 Å². The number of carboxylic acid groups (broad SMARTS) is 1. The van der Waals surface area contributed by atoms with Crippen LogP contribution in [0.25, 0.3) is 21.8 Å². The Bertz CT molecular complexity index is 1320. The summed E-state index contributed by atoms with van der Waals surface area (Å²) in [6.07, 6.45) is 0. The minimum Gasteiger partial charge on any atom is -0.478 e. The van der Waals surface area contributed by atoms with Crippen LogP contribution in [0.5, 0.6) is 0 Å². The zero-order valence-corrected chi connectivity index (χ0v) is 18.8. The molecular weight excluding hydrogens is 415 g/mol. The fraction of sp³-hybridized carbons (Fsp3) is 0.231. The first-order chi connectivity index (χ1) is 14.7. The molecule has 7 heteroatoms. The van der Waals surface area contributed by atoms with Crippen molar-refractivity contribution < 1.29 is 19.4 Å². The van der Waals surface area contributed by atoms with Gasteiger partial charge in [0, 0.05) is 30.6 Å². The zero-order valence-electron chi connectivity index (χ0n) is 18.8. The zero-order chi connectivity index (χ0) is 22.7. The number of benzene rings is 2. The van der Waals surface area contributed by atoms with Crippen LogP contribution in [0.2, 0.25) is 0 Å². The van der Waals surface area contributed by atoms with E-state index in [1.807, 2.05) is 52.0 Å². The highest BCUT2D eigenvalue weighted by atomic mass is 16.5. The third kappa shape index (κ3) is 6.16. The van der Waals surface area contributed by atoms with Crippen molar-refractivity contribution in [2.45, 2.75) is 35.1 Å². The first-order valence-corrected chi connectivity index (χ1v) is 9.77. The van der Waals surface area contributed by atoms with Gasteiger partial charge in [0.1, 0.15) is 0 Å². The molecule has 3 radical (unpaired) electrons. The van der Waals surface area contributed by atoms with Crippen molar-refractivity contribution in [3.63, 3.8) is 0 Å². The number of pyridine rings is 2. The maximum absolute atomic E-state index is 11.4. The number of carbonyl (C=O) groups excluding carboxylic acids is 1. The van der Waals surface area contributed by atoms with Gasteiger partial charge in [-0.25, -0.2) is 9.59 Å². The average molecular weight is 443 g/mol. The molecule has 0 aliphatic rings. The molecule has 2 aromatic heterocycles. The summed E-state index contributed by atoms with van der Waals surface area (Å²) >= 11 is 0. The van der Waals surface area contributed by atoms with Crippen molar-refractivity contribution in [1.82, 2.24) is 9.97 Å². The molecule has 6 nitrogen and oxygen atoms in total. The fourth-order valence-corrected chi connectivity index (χ4v) is 3.50. The van der Waals surface area contributed by atoms with Gasteiger partial charge in [-0.05, 0) is 87.4 Å². The van der Waals surface area contributed by atoms with E-state index in [1.54, 1.807) is 24.3 Å². The molecule has 33 heavy (non-hydrogen) atoms. The van der Waals surface area contributed by atoms with Gasteiger partial charge in [0.15, 0.2) is 0 Å². The van der Waals surface area contributed by atoms with Crippen LogP contribution in [0.3, 0.4) is 0 Å². The minimum absolute atomic E-state index is 0. The number of hydrogen-bond donors (Lipinski definition) is 1. The first-order valence-electron chi connectivity index (χ1n) is 9.77. The van der Waals surface area contributed by atoms with Gasteiger partial charge in [0.05, 0.1) is 29.3 Å². The molecule has 0 saturated carbocycles. The van der Waals surface area contributed by atoms with Gasteiger partial charge >= 0.3 is 11.9 Å². The van der Waals surface area contributed by atoms with Gasteiger partial charge < -0.3 is 9.84 Å². The third-order valence-electron chi connectivity index (χ3n) is 4.96. The Hall–Kier alpha value is -3.74. The summed E-state index contributed by atoms with van der Waals surface area (Å²) in [5, 5.41) is 10.8. The number of carbonyl (C=O) groups is 2. The van der Waals surface area contributed by atoms with Gasteiger partial charge in [-0.15, -0.1) is 0 Å². The lowest BCUT2D eigenvalue weighted by atomic mass is 10.1. The predicted molar refractivity (Wildman–Crippen MR) is 133 cm³/mol. The van der Waals surface area contributed by atoms with Crippen LogP contribution in [-0.2, 0) is 4.74 Å². The standard InChI is InChI=1S/C13H13NO2.C12H11NO2.CH4.B/c1-8-6-9(2)14-12-5-4-10(7-11(8)12)13(15)16-3;1-7-5-8(2)13-11-4-3-9(12(14)15)6-10(7)11;;/h4-7H,1-3H3;3-6H,1-2H3,(H,14,15);1H4;. The molecule has 0 aliphatic heterocycles. The number of nitrogens with zero attached hydrogens (tertiary/aromatic N) is 2. The number of rotatable bonds is 2.